The first-order valence-corrected chi connectivity index (χ1v) is 17.4. The van der Waals surface area contributed by atoms with Gasteiger partial charge in [0, 0.05) is 82.8 Å². The van der Waals surface area contributed by atoms with E-state index >= 15 is 0 Å². The van der Waals surface area contributed by atoms with Crippen LogP contribution < -0.4 is 10.2 Å². The van der Waals surface area contributed by atoms with E-state index in [2.05, 4.69) is 0 Å². The summed E-state index contributed by atoms with van der Waals surface area (Å²) in [5.74, 6) is -3.21. The number of hydrogen-bond donors (Lipinski definition) is 5. The molecule has 4 rings (SSSR count). The first-order chi connectivity index (χ1) is 24.7. The van der Waals surface area contributed by atoms with E-state index in [9.17, 15) is 44.5 Å². The lowest BCUT2D eigenvalue weighted by Crippen LogP contribution is -2.59. The van der Waals surface area contributed by atoms with E-state index in [1.54, 1.807) is 26.6 Å². The van der Waals surface area contributed by atoms with Crippen LogP contribution in [0.25, 0.3) is 21.7 Å². The molecule has 282 valence electrons. The number of carboxylic acids is 3. The second kappa shape index (κ2) is 19.0. The minimum atomic E-state index is -1.68. The van der Waals surface area contributed by atoms with Crippen molar-refractivity contribution in [2.24, 2.45) is 0 Å². The average Bonchev–Trinajstić information content (AvgIpc) is 3.07. The molecule has 0 bridgehead atoms. The summed E-state index contributed by atoms with van der Waals surface area (Å²) in [6.07, 6.45) is 0. The quantitative estimate of drug-likeness (QED) is 0.0694. The molecule has 1 aliphatic heterocycles. The van der Waals surface area contributed by atoms with E-state index in [1.165, 1.54) is 0 Å². The number of benzene rings is 2. The number of carbonyl (C=O) groups is 4. The number of aliphatic carboxylic acids is 3. The molecule has 1 aromatic heterocycles. The van der Waals surface area contributed by atoms with Gasteiger partial charge in [-0.1, -0.05) is 24.3 Å². The highest BCUT2D eigenvalue weighted by atomic mass is 16.4. The lowest BCUT2D eigenvalue weighted by Gasteiger charge is -2.33. The minimum absolute atomic E-state index is 0.0300. The topological polar surface area (TPSA) is 193 Å². The largest absolute Gasteiger partial charge is 0.561 e. The van der Waals surface area contributed by atoms with Crippen LogP contribution in [0.1, 0.15) is 5.56 Å². The predicted molar refractivity (Wildman–Crippen MR) is 195 cm³/mol. The van der Waals surface area contributed by atoms with Crippen molar-refractivity contribution in [3.8, 4) is 0 Å². The molecule has 0 saturated carbocycles. The Hall–Kier alpha value is -4.23. The normalized spacial score (nSPS) is 16.1. The van der Waals surface area contributed by atoms with Gasteiger partial charge in [0.15, 0.2) is 6.54 Å². The van der Waals surface area contributed by atoms with Crippen LogP contribution in [0.15, 0.2) is 42.5 Å². The van der Waals surface area contributed by atoms with Crippen molar-refractivity contribution in [1.82, 2.24) is 29.4 Å². The maximum Gasteiger partial charge on any atom is 0.561 e. The Morgan fingerprint density at radius 3 is 1.58 bits per heavy atom. The van der Waals surface area contributed by atoms with Crippen molar-refractivity contribution < 1.29 is 49.1 Å². The molecular formula is C35H51BN7O9+. The highest BCUT2D eigenvalue weighted by molar-refractivity contribution is 6.60. The maximum absolute atomic E-state index is 13.7. The number of pyridine rings is 1. The summed E-state index contributed by atoms with van der Waals surface area (Å²) in [6.45, 7) is 3.33. The molecule has 2 heterocycles. The molecule has 0 radical (unpaired) electrons. The summed E-state index contributed by atoms with van der Waals surface area (Å²) in [6, 6.07) is 13.5. The number of aromatic nitrogens is 1. The number of likely N-dealkylation sites (N-methyl/N-ethyl adjacent to an activating group) is 2. The van der Waals surface area contributed by atoms with Gasteiger partial charge in [-0.2, -0.15) is 4.57 Å². The Morgan fingerprint density at radius 2 is 1.13 bits per heavy atom. The molecule has 1 saturated heterocycles. The number of rotatable bonds is 14. The van der Waals surface area contributed by atoms with E-state index in [0.29, 0.717) is 77.6 Å². The van der Waals surface area contributed by atoms with Crippen LogP contribution in [0.2, 0.25) is 0 Å². The second-order valence-electron chi connectivity index (χ2n) is 13.6. The third-order valence-electron chi connectivity index (χ3n) is 9.36. The molecule has 52 heavy (non-hydrogen) atoms. The lowest BCUT2D eigenvalue weighted by molar-refractivity contribution is -0.653. The fourth-order valence-corrected chi connectivity index (χ4v) is 6.63. The van der Waals surface area contributed by atoms with Gasteiger partial charge in [0.2, 0.25) is 17.0 Å². The molecule has 0 spiro atoms. The summed E-state index contributed by atoms with van der Waals surface area (Å²) in [5, 5.41) is 51.8. The van der Waals surface area contributed by atoms with Crippen LogP contribution in [0.5, 0.6) is 0 Å². The summed E-state index contributed by atoms with van der Waals surface area (Å²) in [5.41, 5.74) is 2.13. The number of carboxylic acid groups (broad SMARTS) is 3. The van der Waals surface area contributed by atoms with Gasteiger partial charge in [-0.15, -0.1) is 0 Å². The summed E-state index contributed by atoms with van der Waals surface area (Å²) >= 11 is 0. The Morgan fingerprint density at radius 1 is 0.673 bits per heavy atom. The van der Waals surface area contributed by atoms with Crippen LogP contribution in [0.4, 0.5) is 0 Å². The van der Waals surface area contributed by atoms with E-state index in [1.807, 2.05) is 70.9 Å². The highest BCUT2D eigenvalue weighted by Crippen LogP contribution is 2.24. The van der Waals surface area contributed by atoms with Crippen LogP contribution >= 0.6 is 0 Å². The first-order valence-electron chi connectivity index (χ1n) is 17.4. The number of nitrogens with zero attached hydrogens (tertiary/aromatic N) is 7. The second-order valence-corrected chi connectivity index (χ2v) is 13.6. The number of hydrogen-bond acceptors (Lipinski definition) is 11. The Bertz CT molecular complexity index is 1700. The zero-order valence-corrected chi connectivity index (χ0v) is 30.2. The Balaban J connectivity index is 1.55. The van der Waals surface area contributed by atoms with Crippen LogP contribution in [-0.4, -0.2) is 192 Å². The van der Waals surface area contributed by atoms with E-state index in [4.69, 9.17) is 0 Å². The molecule has 17 heteroatoms. The van der Waals surface area contributed by atoms with E-state index in [-0.39, 0.29) is 32.1 Å². The molecule has 0 aliphatic carbocycles. The fourth-order valence-electron chi connectivity index (χ4n) is 6.63. The van der Waals surface area contributed by atoms with Gasteiger partial charge >= 0.3 is 25.0 Å². The van der Waals surface area contributed by atoms with Crippen LogP contribution in [-0.2, 0) is 32.3 Å². The Labute approximate surface area is 303 Å². The summed E-state index contributed by atoms with van der Waals surface area (Å²) < 4.78 is 1.93. The van der Waals surface area contributed by atoms with Gasteiger partial charge in [-0.05, 0) is 31.8 Å². The van der Waals surface area contributed by atoms with Crippen molar-refractivity contribution in [1.29, 1.82) is 0 Å². The van der Waals surface area contributed by atoms with Crippen molar-refractivity contribution in [3.05, 3.63) is 48.0 Å². The van der Waals surface area contributed by atoms with Gasteiger partial charge in [-0.3, -0.25) is 38.8 Å². The van der Waals surface area contributed by atoms with Gasteiger partial charge in [0.05, 0.1) is 38.1 Å². The van der Waals surface area contributed by atoms with Gasteiger partial charge in [0.1, 0.15) is 0 Å². The number of amides is 1. The standard InChI is InChI=1S/C35H50BN7O9/c1-37(2)10-19-43-30-9-8-26(20-29(30)27-6-4-5-7-28(27)35(43)36(51)52)21-38(3)31(44)22-39-11-13-40(23-32(45)46)15-17-42(25-34(49)50)18-16-41(14-12-39)24-33(47)48/h4-9,20,51-52H,10-19,21-25H2,1-3H3,(H2-,45,46,47,48,49,50)/p+1. The van der Waals surface area contributed by atoms with Crippen molar-refractivity contribution in [3.63, 3.8) is 0 Å². The molecule has 16 nitrogen and oxygen atoms in total. The van der Waals surface area contributed by atoms with Gasteiger partial charge in [-0.25, -0.2) is 0 Å². The summed E-state index contributed by atoms with van der Waals surface area (Å²) in [4.78, 5) is 59.1. The Kier molecular flexibility index (Phi) is 14.8. The third-order valence-corrected chi connectivity index (χ3v) is 9.36. The van der Waals surface area contributed by atoms with Gasteiger partial charge < -0.3 is 35.2 Å². The molecule has 1 aliphatic rings. The monoisotopic (exact) mass is 724 g/mol. The smallest absolute Gasteiger partial charge is 0.480 e. The van der Waals surface area contributed by atoms with Crippen LogP contribution in [0, 0.1) is 0 Å². The minimum Gasteiger partial charge on any atom is -0.480 e. The predicted octanol–water partition coefficient (Wildman–Crippen LogP) is -2.04. The molecule has 0 unspecified atom stereocenters. The zero-order chi connectivity index (χ0) is 37.9. The van der Waals surface area contributed by atoms with Crippen LogP contribution in [0.3, 0.4) is 0 Å². The molecule has 0 atom stereocenters. The fraction of sp³-hybridized carbons (Fsp3) is 0.514. The van der Waals surface area contributed by atoms with Crippen molar-refractivity contribution in [2.75, 3.05) is 106 Å². The maximum atomic E-state index is 13.7. The number of carbonyl (C=O) groups excluding carboxylic acids is 1. The molecule has 2 aromatic carbocycles. The lowest BCUT2D eigenvalue weighted by atomic mass is 9.80. The molecular weight excluding hydrogens is 673 g/mol. The highest BCUT2D eigenvalue weighted by Gasteiger charge is 2.31. The third kappa shape index (κ3) is 11.6. The first kappa shape index (κ1) is 40.5. The average molecular weight is 725 g/mol. The van der Waals surface area contributed by atoms with E-state index < -0.39 is 25.0 Å². The van der Waals surface area contributed by atoms with E-state index in [0.717, 1.165) is 27.2 Å². The SMILES string of the molecule is CN(C)CC[n+]1c(B(O)O)c2ccccc2c2cc(CN(C)C(=O)CN3CCN(CC(=O)O)CCN(CC(=O)O)CCN(CC(=O)O)CC3)ccc21. The molecule has 1 amide bonds. The zero-order valence-electron chi connectivity index (χ0n) is 30.2. The van der Waals surface area contributed by atoms with Crippen molar-refractivity contribution in [2.45, 2.75) is 13.1 Å². The van der Waals surface area contributed by atoms with Crippen molar-refractivity contribution >= 4 is 58.2 Å². The molecule has 1 fully saturated rings. The summed E-state index contributed by atoms with van der Waals surface area (Å²) in [7, 11) is 3.95. The number of fused-ring (bicyclic) bond motifs is 3. The van der Waals surface area contributed by atoms with Gasteiger partial charge in [0.25, 0.3) is 0 Å². The molecule has 3 aromatic rings. The molecule has 5 N–H and O–H groups in total.